The maximum Gasteiger partial charge on any atom is 0.335 e. The summed E-state index contributed by atoms with van der Waals surface area (Å²) >= 11 is 0. The lowest BCUT2D eigenvalue weighted by atomic mass is 9.98. The highest BCUT2D eigenvalue weighted by Gasteiger charge is 2.12. The smallest absolute Gasteiger partial charge is 0.335 e. The summed E-state index contributed by atoms with van der Waals surface area (Å²) in [4.78, 5) is 11.3. The van der Waals surface area contributed by atoms with Crippen molar-refractivity contribution in [2.24, 2.45) is 0 Å². The van der Waals surface area contributed by atoms with Crippen LogP contribution in [-0.4, -0.2) is 11.1 Å². The number of aromatic carboxylic acids is 1. The van der Waals surface area contributed by atoms with Gasteiger partial charge in [-0.05, 0) is 54.0 Å². The molecule has 0 unspecified atom stereocenters. The average molecular weight is 252 g/mol. The number of fused-ring (bicyclic) bond motifs is 4. The van der Waals surface area contributed by atoms with E-state index in [0.29, 0.717) is 5.56 Å². The van der Waals surface area contributed by atoms with Crippen molar-refractivity contribution >= 4 is 5.97 Å². The van der Waals surface area contributed by atoms with E-state index >= 15 is 0 Å². The highest BCUT2D eigenvalue weighted by atomic mass is 16.4. The fourth-order valence-electron chi connectivity index (χ4n) is 2.70. The van der Waals surface area contributed by atoms with Crippen LogP contribution in [-0.2, 0) is 25.7 Å². The Morgan fingerprint density at radius 1 is 0.842 bits per heavy atom. The molecule has 0 saturated heterocycles. The van der Waals surface area contributed by atoms with Gasteiger partial charge in [-0.25, -0.2) is 4.79 Å². The maximum atomic E-state index is 11.3. The fourth-order valence-corrected chi connectivity index (χ4v) is 2.70. The summed E-state index contributed by atoms with van der Waals surface area (Å²) in [6.45, 7) is 0. The molecular formula is C17H16O2. The molecule has 2 aromatic rings. The molecule has 2 aliphatic rings. The van der Waals surface area contributed by atoms with Gasteiger partial charge in [-0.15, -0.1) is 0 Å². The molecule has 2 aromatic carbocycles. The molecule has 0 amide bonds. The third-order valence-corrected chi connectivity index (χ3v) is 3.78. The van der Waals surface area contributed by atoms with E-state index < -0.39 is 5.97 Å². The van der Waals surface area contributed by atoms with Crippen molar-refractivity contribution in [3.63, 3.8) is 0 Å². The first kappa shape index (κ1) is 12.0. The van der Waals surface area contributed by atoms with Gasteiger partial charge in [0.1, 0.15) is 0 Å². The third-order valence-electron chi connectivity index (χ3n) is 3.78. The van der Waals surface area contributed by atoms with Crippen LogP contribution in [0.1, 0.15) is 32.6 Å². The SMILES string of the molecule is O=C(O)c1cc2ccc1CCc1cccc(c1)CC2. The molecule has 0 aromatic heterocycles. The second-order valence-corrected chi connectivity index (χ2v) is 5.12. The summed E-state index contributed by atoms with van der Waals surface area (Å²) < 4.78 is 0. The van der Waals surface area contributed by atoms with E-state index in [1.807, 2.05) is 12.1 Å². The molecule has 19 heavy (non-hydrogen) atoms. The Labute approximate surface area is 112 Å². The lowest BCUT2D eigenvalue weighted by Gasteiger charge is -2.07. The predicted molar refractivity (Wildman–Crippen MR) is 74.7 cm³/mol. The first-order valence-electron chi connectivity index (χ1n) is 6.65. The summed E-state index contributed by atoms with van der Waals surface area (Å²) in [5.74, 6) is -0.817. The second-order valence-electron chi connectivity index (χ2n) is 5.12. The Bertz CT molecular complexity index is 629. The Balaban J connectivity index is 2.05. The number of hydrogen-bond acceptors (Lipinski definition) is 1. The minimum Gasteiger partial charge on any atom is -0.478 e. The summed E-state index contributed by atoms with van der Waals surface area (Å²) in [5.41, 5.74) is 5.13. The van der Waals surface area contributed by atoms with Crippen molar-refractivity contribution in [2.75, 3.05) is 0 Å². The molecule has 0 aliphatic heterocycles. The zero-order valence-electron chi connectivity index (χ0n) is 10.7. The molecule has 1 N–H and O–H groups in total. The van der Waals surface area contributed by atoms with Gasteiger partial charge in [0.25, 0.3) is 0 Å². The summed E-state index contributed by atoms with van der Waals surface area (Å²) in [6, 6.07) is 14.5. The molecule has 2 heteroatoms. The topological polar surface area (TPSA) is 37.3 Å². The van der Waals surface area contributed by atoms with Gasteiger partial charge in [0, 0.05) is 0 Å². The normalized spacial score (nSPS) is 13.9. The van der Waals surface area contributed by atoms with Crippen LogP contribution >= 0.6 is 0 Å². The third kappa shape index (κ3) is 2.53. The molecule has 0 heterocycles. The molecule has 0 saturated carbocycles. The number of hydrogen-bond donors (Lipinski definition) is 1. The van der Waals surface area contributed by atoms with Crippen LogP contribution in [0.3, 0.4) is 0 Å². The van der Waals surface area contributed by atoms with Gasteiger partial charge in [-0.2, -0.15) is 0 Å². The van der Waals surface area contributed by atoms with E-state index in [9.17, 15) is 9.90 Å². The first-order chi connectivity index (χ1) is 9.22. The van der Waals surface area contributed by atoms with Gasteiger partial charge < -0.3 is 5.11 Å². The van der Waals surface area contributed by atoms with Crippen molar-refractivity contribution in [3.8, 4) is 0 Å². The summed E-state index contributed by atoms with van der Waals surface area (Å²) in [7, 11) is 0. The lowest BCUT2D eigenvalue weighted by molar-refractivity contribution is 0.0695. The van der Waals surface area contributed by atoms with Crippen LogP contribution < -0.4 is 0 Å². The quantitative estimate of drug-likeness (QED) is 0.845. The Morgan fingerprint density at radius 3 is 2.16 bits per heavy atom. The van der Waals surface area contributed by atoms with Gasteiger partial charge in [0.15, 0.2) is 0 Å². The molecule has 4 bridgehead atoms. The zero-order valence-corrected chi connectivity index (χ0v) is 10.7. The predicted octanol–water partition coefficient (Wildman–Crippen LogP) is 3.27. The van der Waals surface area contributed by atoms with Gasteiger partial charge >= 0.3 is 5.97 Å². The van der Waals surface area contributed by atoms with E-state index in [-0.39, 0.29) is 0 Å². The van der Waals surface area contributed by atoms with Gasteiger partial charge in [0.2, 0.25) is 0 Å². The summed E-state index contributed by atoms with van der Waals surface area (Å²) in [5, 5.41) is 9.32. The maximum absolute atomic E-state index is 11.3. The van der Waals surface area contributed by atoms with E-state index in [1.54, 1.807) is 0 Å². The highest BCUT2D eigenvalue weighted by molar-refractivity contribution is 5.89. The molecule has 0 radical (unpaired) electrons. The van der Waals surface area contributed by atoms with Crippen LogP contribution in [0.4, 0.5) is 0 Å². The van der Waals surface area contributed by atoms with Crippen molar-refractivity contribution in [2.45, 2.75) is 25.7 Å². The molecule has 4 rings (SSSR count). The number of carboxylic acid groups (broad SMARTS) is 1. The van der Waals surface area contributed by atoms with Gasteiger partial charge in [0.05, 0.1) is 5.56 Å². The Kier molecular flexibility index (Phi) is 3.08. The second kappa shape index (κ2) is 4.88. The number of rotatable bonds is 1. The first-order valence-corrected chi connectivity index (χ1v) is 6.65. The van der Waals surface area contributed by atoms with Crippen LogP contribution in [0.2, 0.25) is 0 Å². The molecule has 2 nitrogen and oxygen atoms in total. The van der Waals surface area contributed by atoms with Crippen molar-refractivity contribution in [1.82, 2.24) is 0 Å². The highest BCUT2D eigenvalue weighted by Crippen LogP contribution is 2.19. The lowest BCUT2D eigenvalue weighted by Crippen LogP contribution is -2.04. The number of aryl methyl sites for hydroxylation is 4. The van der Waals surface area contributed by atoms with Crippen molar-refractivity contribution in [3.05, 3.63) is 70.3 Å². The molecule has 2 aliphatic carbocycles. The van der Waals surface area contributed by atoms with Crippen molar-refractivity contribution < 1.29 is 9.90 Å². The Morgan fingerprint density at radius 2 is 1.47 bits per heavy atom. The van der Waals surface area contributed by atoms with Crippen LogP contribution in [0.25, 0.3) is 0 Å². The molecule has 96 valence electrons. The van der Waals surface area contributed by atoms with E-state index in [2.05, 4.69) is 30.3 Å². The standard InChI is InChI=1S/C17H16O2/c18-17(19)16-11-14-5-4-12-2-1-3-13(10-12)6-8-15(16)9-7-14/h1-3,7,9-11H,4-6,8H2,(H,18,19). The number of carboxylic acids is 1. The minimum absolute atomic E-state index is 0.465. The van der Waals surface area contributed by atoms with Crippen LogP contribution in [0.5, 0.6) is 0 Å². The number of benzene rings is 2. The summed E-state index contributed by atoms with van der Waals surface area (Å²) in [6.07, 6.45) is 3.54. The van der Waals surface area contributed by atoms with E-state index in [4.69, 9.17) is 0 Å². The van der Waals surface area contributed by atoms with E-state index in [0.717, 1.165) is 36.8 Å². The average Bonchev–Trinajstić information content (AvgIpc) is 2.46. The van der Waals surface area contributed by atoms with Gasteiger partial charge in [-0.3, -0.25) is 0 Å². The van der Waals surface area contributed by atoms with E-state index in [1.165, 1.54) is 11.1 Å². The minimum atomic E-state index is -0.817. The largest absolute Gasteiger partial charge is 0.478 e. The monoisotopic (exact) mass is 252 g/mol. The molecule has 0 atom stereocenters. The van der Waals surface area contributed by atoms with Crippen LogP contribution in [0.15, 0.2) is 42.5 Å². The molecule has 0 fully saturated rings. The zero-order chi connectivity index (χ0) is 13.2. The fraction of sp³-hybridized carbons (Fsp3) is 0.235. The molecular weight excluding hydrogens is 236 g/mol. The Hall–Kier alpha value is -2.09. The van der Waals surface area contributed by atoms with Gasteiger partial charge in [-0.1, -0.05) is 36.4 Å². The van der Waals surface area contributed by atoms with Crippen molar-refractivity contribution in [1.29, 1.82) is 0 Å². The molecule has 0 spiro atoms. The van der Waals surface area contributed by atoms with Crippen LogP contribution in [0, 0.1) is 0 Å². The number of carbonyl (C=O) groups is 1.